The third-order valence-electron chi connectivity index (χ3n) is 5.40. The van der Waals surface area contributed by atoms with Crippen LogP contribution in [0.25, 0.3) is 0 Å². The van der Waals surface area contributed by atoms with Crippen LogP contribution >= 0.6 is 0 Å². The van der Waals surface area contributed by atoms with Crippen molar-refractivity contribution in [2.24, 2.45) is 0 Å². The fourth-order valence-corrected chi connectivity index (χ4v) is 3.94. The first-order valence-electron chi connectivity index (χ1n) is 8.43. The molecule has 0 unspecified atom stereocenters. The quantitative estimate of drug-likeness (QED) is 0.601. The molecular weight excluding hydrogens is 288 g/mol. The molecule has 122 valence electrons. The van der Waals surface area contributed by atoms with E-state index in [0.717, 1.165) is 43.2 Å². The van der Waals surface area contributed by atoms with Crippen LogP contribution in [0.1, 0.15) is 66.1 Å². The Hall–Kier alpha value is -1.90. The summed E-state index contributed by atoms with van der Waals surface area (Å²) >= 11 is 0. The van der Waals surface area contributed by atoms with Gasteiger partial charge in [-0.3, -0.25) is 4.79 Å². The van der Waals surface area contributed by atoms with Crippen LogP contribution in [-0.2, 0) is 9.53 Å². The van der Waals surface area contributed by atoms with Gasteiger partial charge in [0.15, 0.2) is 5.78 Å². The number of carbonyl (C=O) groups is 2. The van der Waals surface area contributed by atoms with E-state index in [2.05, 4.69) is 0 Å². The Kier molecular flexibility index (Phi) is 3.91. The van der Waals surface area contributed by atoms with Crippen molar-refractivity contribution in [3.8, 4) is 0 Å². The molecule has 1 aliphatic carbocycles. The van der Waals surface area contributed by atoms with Crippen LogP contribution < -0.4 is 0 Å². The molecule has 1 saturated carbocycles. The highest BCUT2D eigenvalue weighted by Crippen LogP contribution is 2.45. The molecule has 0 saturated heterocycles. The number of ether oxygens (including phenoxy) is 1. The molecule has 23 heavy (non-hydrogen) atoms. The monoisotopic (exact) mass is 312 g/mol. The maximum Gasteiger partial charge on any atom is 0.335 e. The van der Waals surface area contributed by atoms with Gasteiger partial charge in [-0.1, -0.05) is 12.5 Å². The van der Waals surface area contributed by atoms with Crippen molar-refractivity contribution < 1.29 is 14.3 Å². The Morgan fingerprint density at radius 1 is 0.957 bits per heavy atom. The lowest BCUT2D eigenvalue weighted by Crippen LogP contribution is -2.37. The second-order valence-corrected chi connectivity index (χ2v) is 7.02. The van der Waals surface area contributed by atoms with Gasteiger partial charge >= 0.3 is 5.97 Å². The minimum absolute atomic E-state index is 0.0316. The molecule has 1 aromatic rings. The van der Waals surface area contributed by atoms with E-state index in [4.69, 9.17) is 4.74 Å². The Labute approximate surface area is 137 Å². The van der Waals surface area contributed by atoms with E-state index in [1.54, 1.807) is 6.92 Å². The van der Waals surface area contributed by atoms with E-state index < -0.39 is 5.60 Å². The first-order valence-corrected chi connectivity index (χ1v) is 8.43. The second kappa shape index (κ2) is 5.63. The summed E-state index contributed by atoms with van der Waals surface area (Å²) in [5.74, 6) is -0.354. The number of rotatable bonds is 2. The number of hydrogen-bond donors (Lipinski definition) is 0. The van der Waals surface area contributed by atoms with Crippen LogP contribution in [0.2, 0.25) is 0 Å². The SMILES string of the molecule is CC1=C(C(=O)c2cc(C)c(C)cc2C)C2(CCCCC2)OC1=O. The van der Waals surface area contributed by atoms with E-state index in [1.165, 1.54) is 5.56 Å². The molecule has 0 radical (unpaired) electrons. The van der Waals surface area contributed by atoms with Crippen LogP contribution in [0.4, 0.5) is 0 Å². The van der Waals surface area contributed by atoms with Crippen molar-refractivity contribution in [2.45, 2.75) is 65.4 Å². The normalized spacial score (nSPS) is 20.1. The van der Waals surface area contributed by atoms with E-state index >= 15 is 0 Å². The maximum atomic E-state index is 13.3. The van der Waals surface area contributed by atoms with Gasteiger partial charge in [-0.05, 0) is 76.1 Å². The number of benzene rings is 1. The van der Waals surface area contributed by atoms with Crippen molar-refractivity contribution >= 4 is 11.8 Å². The van der Waals surface area contributed by atoms with Crippen molar-refractivity contribution in [1.29, 1.82) is 0 Å². The van der Waals surface area contributed by atoms with Gasteiger partial charge in [-0.15, -0.1) is 0 Å². The Bertz CT molecular complexity index is 719. The molecule has 0 aromatic heterocycles. The highest BCUT2D eigenvalue weighted by Gasteiger charge is 2.49. The zero-order valence-electron chi connectivity index (χ0n) is 14.4. The fourth-order valence-electron chi connectivity index (χ4n) is 3.94. The van der Waals surface area contributed by atoms with Crippen LogP contribution in [0.3, 0.4) is 0 Å². The highest BCUT2D eigenvalue weighted by molar-refractivity contribution is 6.16. The molecular formula is C20H24O3. The lowest BCUT2D eigenvalue weighted by Gasteiger charge is -2.34. The number of hydrogen-bond acceptors (Lipinski definition) is 3. The summed E-state index contributed by atoms with van der Waals surface area (Å²) in [6, 6.07) is 4.00. The Morgan fingerprint density at radius 3 is 2.22 bits per heavy atom. The zero-order chi connectivity index (χ0) is 16.8. The molecule has 0 N–H and O–H groups in total. The summed E-state index contributed by atoms with van der Waals surface area (Å²) in [5.41, 5.74) is 4.36. The van der Waals surface area contributed by atoms with Crippen LogP contribution in [-0.4, -0.2) is 17.4 Å². The van der Waals surface area contributed by atoms with Gasteiger partial charge < -0.3 is 4.74 Å². The van der Waals surface area contributed by atoms with Gasteiger partial charge in [0.05, 0.1) is 5.57 Å². The molecule has 1 heterocycles. The number of aryl methyl sites for hydroxylation is 3. The fraction of sp³-hybridized carbons (Fsp3) is 0.500. The molecule has 1 aromatic carbocycles. The van der Waals surface area contributed by atoms with Gasteiger partial charge in [0.25, 0.3) is 0 Å². The smallest absolute Gasteiger partial charge is 0.335 e. The third kappa shape index (κ3) is 2.52. The first kappa shape index (κ1) is 16.0. The van der Waals surface area contributed by atoms with Crippen LogP contribution in [0, 0.1) is 20.8 Å². The number of ketones is 1. The standard InChI is InChI=1S/C20H24O3/c1-12-10-14(3)16(11-13(12)2)18(21)17-15(4)19(22)23-20(17)8-6-5-7-9-20/h10-11H,5-9H2,1-4H3. The maximum absolute atomic E-state index is 13.3. The van der Waals surface area contributed by atoms with Gasteiger partial charge in [0.2, 0.25) is 0 Å². The average molecular weight is 312 g/mol. The van der Waals surface area contributed by atoms with Gasteiger partial charge in [-0.2, -0.15) is 0 Å². The van der Waals surface area contributed by atoms with Gasteiger partial charge in [-0.25, -0.2) is 4.79 Å². The predicted octanol–water partition coefficient (Wildman–Crippen LogP) is 4.37. The molecule has 3 rings (SSSR count). The Balaban J connectivity index is 2.09. The van der Waals surface area contributed by atoms with Crippen molar-refractivity contribution in [3.63, 3.8) is 0 Å². The number of esters is 1. The predicted molar refractivity (Wildman–Crippen MR) is 89.6 cm³/mol. The van der Waals surface area contributed by atoms with Gasteiger partial charge in [0.1, 0.15) is 5.60 Å². The molecule has 0 bridgehead atoms. The van der Waals surface area contributed by atoms with Crippen LogP contribution in [0.15, 0.2) is 23.3 Å². The second-order valence-electron chi connectivity index (χ2n) is 7.02. The third-order valence-corrected chi connectivity index (χ3v) is 5.40. The lowest BCUT2D eigenvalue weighted by molar-refractivity contribution is -0.148. The molecule has 3 nitrogen and oxygen atoms in total. The summed E-state index contributed by atoms with van der Waals surface area (Å²) in [4.78, 5) is 25.4. The summed E-state index contributed by atoms with van der Waals surface area (Å²) in [7, 11) is 0. The largest absolute Gasteiger partial charge is 0.451 e. The first-order chi connectivity index (χ1) is 10.9. The molecule has 2 aliphatic rings. The van der Waals surface area contributed by atoms with Gasteiger partial charge in [0, 0.05) is 11.1 Å². The number of carbonyl (C=O) groups excluding carboxylic acids is 2. The minimum atomic E-state index is -0.679. The van der Waals surface area contributed by atoms with E-state index in [0.29, 0.717) is 16.7 Å². The van der Waals surface area contributed by atoms with Crippen molar-refractivity contribution in [3.05, 3.63) is 45.5 Å². The molecule has 1 spiro atoms. The molecule has 3 heteroatoms. The van der Waals surface area contributed by atoms with E-state index in [9.17, 15) is 9.59 Å². The van der Waals surface area contributed by atoms with Crippen molar-refractivity contribution in [1.82, 2.24) is 0 Å². The minimum Gasteiger partial charge on any atom is -0.451 e. The topological polar surface area (TPSA) is 43.4 Å². The Morgan fingerprint density at radius 2 is 1.57 bits per heavy atom. The molecule has 0 atom stereocenters. The molecule has 1 aliphatic heterocycles. The summed E-state index contributed by atoms with van der Waals surface area (Å²) in [6.07, 6.45) is 4.68. The molecule has 1 fully saturated rings. The zero-order valence-corrected chi connectivity index (χ0v) is 14.4. The molecule has 0 amide bonds. The van der Waals surface area contributed by atoms with E-state index in [1.807, 2.05) is 32.9 Å². The highest BCUT2D eigenvalue weighted by atomic mass is 16.6. The van der Waals surface area contributed by atoms with Crippen LogP contribution in [0.5, 0.6) is 0 Å². The lowest BCUT2D eigenvalue weighted by atomic mass is 9.75. The summed E-state index contributed by atoms with van der Waals surface area (Å²) in [5, 5.41) is 0. The summed E-state index contributed by atoms with van der Waals surface area (Å²) < 4.78 is 5.72. The number of Topliss-reactive ketones (excluding diaryl/α,β-unsaturated/α-hetero) is 1. The average Bonchev–Trinajstić information content (AvgIpc) is 2.74. The summed E-state index contributed by atoms with van der Waals surface area (Å²) in [6.45, 7) is 7.75. The van der Waals surface area contributed by atoms with E-state index in [-0.39, 0.29) is 11.8 Å². The van der Waals surface area contributed by atoms with Crippen molar-refractivity contribution in [2.75, 3.05) is 0 Å².